The Morgan fingerprint density at radius 2 is 1.83 bits per heavy atom. The minimum Gasteiger partial charge on any atom is -0.385 e. The third-order valence-corrected chi connectivity index (χ3v) is 4.07. The number of nitrogens with one attached hydrogen (secondary N) is 2. The fourth-order valence-corrected chi connectivity index (χ4v) is 2.69. The van der Waals surface area contributed by atoms with Crippen LogP contribution in [0, 0.1) is 0 Å². The fraction of sp³-hybridized carbons (Fsp3) is 0.938. The molecule has 0 amide bonds. The van der Waals surface area contributed by atoms with Gasteiger partial charge in [0.25, 0.3) is 0 Å². The van der Waals surface area contributed by atoms with Crippen LogP contribution >= 0.6 is 24.0 Å². The summed E-state index contributed by atoms with van der Waals surface area (Å²) >= 11 is 0. The molecule has 1 rings (SSSR count). The summed E-state index contributed by atoms with van der Waals surface area (Å²) in [5.41, 5.74) is 0. The van der Waals surface area contributed by atoms with E-state index in [1.54, 1.807) is 7.11 Å². The monoisotopic (exact) mass is 441 g/mol. The number of likely N-dealkylation sites (N-methyl/N-ethyl adjacent to an activating group) is 1. The SMILES string of the molecule is CN=C(NCCN(C)CCCOC)NCCN1CCCCC1.I. The number of ether oxygens (including phenoxy) is 1. The molecule has 1 aliphatic rings. The third kappa shape index (κ3) is 12.0. The highest BCUT2D eigenvalue weighted by molar-refractivity contribution is 14.0. The molecule has 7 heteroatoms. The smallest absolute Gasteiger partial charge is 0.191 e. The molecule has 0 saturated carbocycles. The standard InChI is InChI=1S/C16H35N5O.HI/c1-17-16(18-8-13-20(2)10-7-15-22-3)19-9-14-21-11-5-4-6-12-21;/h4-15H2,1-3H3,(H2,17,18,19);1H. The molecular weight excluding hydrogens is 405 g/mol. The molecule has 2 N–H and O–H groups in total. The van der Waals surface area contributed by atoms with E-state index in [0.717, 1.165) is 51.7 Å². The van der Waals surface area contributed by atoms with Crippen LogP contribution in [0.15, 0.2) is 4.99 Å². The molecule has 1 saturated heterocycles. The molecule has 1 fully saturated rings. The fourth-order valence-electron chi connectivity index (χ4n) is 2.69. The van der Waals surface area contributed by atoms with Crippen LogP contribution in [0.2, 0.25) is 0 Å². The van der Waals surface area contributed by atoms with Crippen molar-refractivity contribution in [2.24, 2.45) is 4.99 Å². The molecule has 0 aromatic heterocycles. The first-order valence-corrected chi connectivity index (χ1v) is 8.60. The molecule has 0 atom stereocenters. The van der Waals surface area contributed by atoms with Crippen LogP contribution in [0.4, 0.5) is 0 Å². The zero-order valence-corrected chi connectivity index (χ0v) is 17.5. The van der Waals surface area contributed by atoms with Crippen LogP contribution in [0.3, 0.4) is 0 Å². The van der Waals surface area contributed by atoms with E-state index in [4.69, 9.17) is 4.74 Å². The van der Waals surface area contributed by atoms with Gasteiger partial charge in [0.05, 0.1) is 0 Å². The molecule has 1 aliphatic heterocycles. The predicted molar refractivity (Wildman–Crippen MR) is 109 cm³/mol. The summed E-state index contributed by atoms with van der Waals surface area (Å²) in [4.78, 5) is 9.13. The van der Waals surface area contributed by atoms with Crippen LogP contribution in [0.5, 0.6) is 0 Å². The lowest BCUT2D eigenvalue weighted by Gasteiger charge is -2.26. The average Bonchev–Trinajstić information content (AvgIpc) is 2.54. The lowest BCUT2D eigenvalue weighted by atomic mass is 10.1. The van der Waals surface area contributed by atoms with E-state index in [-0.39, 0.29) is 24.0 Å². The molecule has 0 aromatic carbocycles. The van der Waals surface area contributed by atoms with Gasteiger partial charge in [0, 0.05) is 53.5 Å². The highest BCUT2D eigenvalue weighted by Gasteiger charge is 2.09. The average molecular weight is 441 g/mol. The summed E-state index contributed by atoms with van der Waals surface area (Å²) in [6, 6.07) is 0. The van der Waals surface area contributed by atoms with Crippen molar-refractivity contribution in [1.29, 1.82) is 0 Å². The summed E-state index contributed by atoms with van der Waals surface area (Å²) in [7, 11) is 5.73. The van der Waals surface area contributed by atoms with Crippen molar-refractivity contribution in [3.05, 3.63) is 0 Å². The van der Waals surface area contributed by atoms with E-state index in [1.807, 2.05) is 7.05 Å². The van der Waals surface area contributed by atoms with Gasteiger partial charge in [-0.15, -0.1) is 24.0 Å². The third-order valence-electron chi connectivity index (χ3n) is 4.07. The number of likely N-dealkylation sites (tertiary alicyclic amines) is 1. The molecule has 23 heavy (non-hydrogen) atoms. The Hall–Kier alpha value is -0.120. The molecule has 1 heterocycles. The summed E-state index contributed by atoms with van der Waals surface area (Å²) in [5.74, 6) is 0.905. The van der Waals surface area contributed by atoms with Gasteiger partial charge in [0.15, 0.2) is 5.96 Å². The Morgan fingerprint density at radius 3 is 2.48 bits per heavy atom. The van der Waals surface area contributed by atoms with Crippen LogP contribution in [0.25, 0.3) is 0 Å². The molecule has 0 aliphatic carbocycles. The van der Waals surface area contributed by atoms with Gasteiger partial charge < -0.3 is 25.2 Å². The quantitative estimate of drug-likeness (QED) is 0.231. The number of piperidine rings is 1. The van der Waals surface area contributed by atoms with Gasteiger partial charge in [-0.3, -0.25) is 4.99 Å². The van der Waals surface area contributed by atoms with E-state index >= 15 is 0 Å². The highest BCUT2D eigenvalue weighted by atomic mass is 127. The number of halogens is 1. The van der Waals surface area contributed by atoms with E-state index in [0.29, 0.717) is 0 Å². The summed E-state index contributed by atoms with van der Waals surface area (Å²) in [6.45, 7) is 8.39. The minimum atomic E-state index is 0. The second kappa shape index (κ2) is 15.4. The highest BCUT2D eigenvalue weighted by Crippen LogP contribution is 2.07. The largest absolute Gasteiger partial charge is 0.385 e. The molecule has 138 valence electrons. The number of hydrogen-bond acceptors (Lipinski definition) is 4. The number of nitrogens with zero attached hydrogens (tertiary/aromatic N) is 3. The molecule has 0 radical (unpaired) electrons. The number of rotatable bonds is 10. The number of methoxy groups -OCH3 is 1. The molecule has 6 nitrogen and oxygen atoms in total. The summed E-state index contributed by atoms with van der Waals surface area (Å²) in [5, 5.41) is 6.78. The molecule has 0 aromatic rings. The van der Waals surface area contributed by atoms with Crippen molar-refractivity contribution in [2.45, 2.75) is 25.7 Å². The van der Waals surface area contributed by atoms with Gasteiger partial charge in [0.2, 0.25) is 0 Å². The number of aliphatic imine (C=N–C) groups is 1. The Morgan fingerprint density at radius 1 is 1.13 bits per heavy atom. The molecular formula is C16H36IN5O. The van der Waals surface area contributed by atoms with Crippen LogP contribution in [-0.2, 0) is 4.74 Å². The second-order valence-corrected chi connectivity index (χ2v) is 5.98. The Bertz CT molecular complexity index is 298. The lowest BCUT2D eigenvalue weighted by Crippen LogP contribution is -2.44. The predicted octanol–water partition coefficient (Wildman–Crippen LogP) is 1.22. The van der Waals surface area contributed by atoms with E-state index in [1.165, 1.54) is 32.4 Å². The van der Waals surface area contributed by atoms with Gasteiger partial charge in [-0.1, -0.05) is 6.42 Å². The van der Waals surface area contributed by atoms with Gasteiger partial charge in [-0.2, -0.15) is 0 Å². The zero-order chi connectivity index (χ0) is 16.0. The van der Waals surface area contributed by atoms with Crippen molar-refractivity contribution in [3.8, 4) is 0 Å². The van der Waals surface area contributed by atoms with Crippen molar-refractivity contribution >= 4 is 29.9 Å². The first kappa shape index (κ1) is 22.9. The first-order valence-electron chi connectivity index (χ1n) is 8.60. The molecule has 0 unspecified atom stereocenters. The minimum absolute atomic E-state index is 0. The van der Waals surface area contributed by atoms with Gasteiger partial charge in [-0.25, -0.2) is 0 Å². The Balaban J connectivity index is 0.00000484. The maximum Gasteiger partial charge on any atom is 0.191 e. The van der Waals surface area contributed by atoms with Crippen molar-refractivity contribution in [1.82, 2.24) is 20.4 Å². The summed E-state index contributed by atoms with van der Waals surface area (Å²) < 4.78 is 5.07. The van der Waals surface area contributed by atoms with Crippen LogP contribution in [-0.4, -0.2) is 89.4 Å². The van der Waals surface area contributed by atoms with Crippen LogP contribution in [0.1, 0.15) is 25.7 Å². The van der Waals surface area contributed by atoms with Gasteiger partial charge in [-0.05, 0) is 39.4 Å². The Labute approximate surface area is 159 Å². The van der Waals surface area contributed by atoms with E-state index in [9.17, 15) is 0 Å². The summed E-state index contributed by atoms with van der Waals surface area (Å²) in [6.07, 6.45) is 5.17. The second-order valence-electron chi connectivity index (χ2n) is 5.98. The van der Waals surface area contributed by atoms with Crippen LogP contribution < -0.4 is 10.6 Å². The number of guanidine groups is 1. The van der Waals surface area contributed by atoms with Crippen molar-refractivity contribution in [2.75, 3.05) is 73.6 Å². The van der Waals surface area contributed by atoms with E-state index in [2.05, 4.69) is 32.5 Å². The van der Waals surface area contributed by atoms with E-state index < -0.39 is 0 Å². The van der Waals surface area contributed by atoms with Gasteiger partial charge >= 0.3 is 0 Å². The molecule has 0 bridgehead atoms. The van der Waals surface area contributed by atoms with Crippen molar-refractivity contribution in [3.63, 3.8) is 0 Å². The molecule has 0 spiro atoms. The topological polar surface area (TPSA) is 52.1 Å². The lowest BCUT2D eigenvalue weighted by molar-refractivity contribution is 0.180. The Kier molecular flexibility index (Phi) is 15.3. The maximum atomic E-state index is 5.07. The normalized spacial score (nSPS) is 16.3. The first-order chi connectivity index (χ1) is 10.8. The number of hydrogen-bond donors (Lipinski definition) is 2. The zero-order valence-electron chi connectivity index (χ0n) is 15.1. The van der Waals surface area contributed by atoms with Gasteiger partial charge in [0.1, 0.15) is 0 Å². The van der Waals surface area contributed by atoms with Crippen molar-refractivity contribution < 1.29 is 4.74 Å². The maximum absolute atomic E-state index is 5.07.